The zero-order valence-corrected chi connectivity index (χ0v) is 17.7. The maximum absolute atomic E-state index is 13.1. The van der Waals surface area contributed by atoms with Crippen LogP contribution in [0.1, 0.15) is 50.0 Å². The number of methoxy groups -OCH3 is 1. The molecule has 2 amide bonds. The number of nitrogens with zero attached hydrogens (tertiary/aromatic N) is 1. The van der Waals surface area contributed by atoms with Gasteiger partial charge in [0.1, 0.15) is 12.4 Å². The van der Waals surface area contributed by atoms with E-state index < -0.39 is 0 Å². The van der Waals surface area contributed by atoms with Gasteiger partial charge in [-0.2, -0.15) is 0 Å². The van der Waals surface area contributed by atoms with E-state index in [-0.39, 0.29) is 43.2 Å². The summed E-state index contributed by atoms with van der Waals surface area (Å²) in [7, 11) is 1.50. The zero-order chi connectivity index (χ0) is 20.9. The molecular weight excluding hydrogens is 384 g/mol. The number of piperidine rings is 1. The van der Waals surface area contributed by atoms with Crippen molar-refractivity contribution in [2.45, 2.75) is 62.6 Å². The molecule has 1 aromatic carbocycles. The van der Waals surface area contributed by atoms with E-state index in [0.717, 1.165) is 44.3 Å². The quantitative estimate of drug-likeness (QED) is 0.818. The van der Waals surface area contributed by atoms with E-state index in [4.69, 9.17) is 14.2 Å². The van der Waals surface area contributed by atoms with Crippen LogP contribution in [0.25, 0.3) is 0 Å². The smallest absolute Gasteiger partial charge is 0.260 e. The molecule has 164 valence electrons. The highest BCUT2D eigenvalue weighted by Gasteiger charge is 2.37. The highest BCUT2D eigenvalue weighted by molar-refractivity contribution is 5.79. The van der Waals surface area contributed by atoms with Crippen LogP contribution in [0, 0.1) is 0 Å². The second kappa shape index (κ2) is 9.79. The Bertz CT molecular complexity index is 747. The number of carbonyl (C=O) groups excluding carboxylic acids is 2. The lowest BCUT2D eigenvalue weighted by Gasteiger charge is -2.42. The number of fused-ring (bicyclic) bond motifs is 5. The highest BCUT2D eigenvalue weighted by Crippen LogP contribution is 2.38. The first-order valence-corrected chi connectivity index (χ1v) is 11.1. The van der Waals surface area contributed by atoms with Crippen LogP contribution in [0.4, 0.5) is 0 Å². The molecule has 2 bridgehead atoms. The summed E-state index contributed by atoms with van der Waals surface area (Å²) in [5, 5.41) is 3.04. The summed E-state index contributed by atoms with van der Waals surface area (Å²) in [6.45, 7) is 1.11. The van der Waals surface area contributed by atoms with Crippen LogP contribution in [0.5, 0.6) is 5.75 Å². The number of amides is 2. The van der Waals surface area contributed by atoms with E-state index in [9.17, 15) is 9.59 Å². The van der Waals surface area contributed by atoms with Crippen molar-refractivity contribution in [1.82, 2.24) is 10.2 Å². The van der Waals surface area contributed by atoms with E-state index in [1.54, 1.807) is 0 Å². The first-order chi connectivity index (χ1) is 14.7. The first kappa shape index (κ1) is 21.1. The molecule has 1 unspecified atom stereocenters. The van der Waals surface area contributed by atoms with Crippen LogP contribution < -0.4 is 10.1 Å². The van der Waals surface area contributed by atoms with Gasteiger partial charge in [0.2, 0.25) is 5.91 Å². The fourth-order valence-electron chi connectivity index (χ4n) is 5.07. The van der Waals surface area contributed by atoms with Gasteiger partial charge < -0.3 is 24.4 Å². The van der Waals surface area contributed by atoms with Gasteiger partial charge in [0.05, 0.1) is 24.8 Å². The molecule has 7 nitrogen and oxygen atoms in total. The minimum atomic E-state index is -0.190. The molecule has 3 aliphatic heterocycles. The molecule has 2 fully saturated rings. The number of para-hydroxylation sites is 1. The molecule has 0 aromatic heterocycles. The molecular formula is C23H32N2O5. The molecule has 7 heteroatoms. The second-order valence-electron chi connectivity index (χ2n) is 8.54. The van der Waals surface area contributed by atoms with Crippen molar-refractivity contribution >= 4 is 11.8 Å². The fourth-order valence-corrected chi connectivity index (χ4v) is 5.07. The van der Waals surface area contributed by atoms with Crippen molar-refractivity contribution in [2.75, 3.05) is 33.5 Å². The first-order valence-electron chi connectivity index (χ1n) is 11.1. The van der Waals surface area contributed by atoms with Gasteiger partial charge in [-0.05, 0) is 56.1 Å². The van der Waals surface area contributed by atoms with E-state index >= 15 is 0 Å². The zero-order valence-electron chi connectivity index (χ0n) is 17.7. The summed E-state index contributed by atoms with van der Waals surface area (Å²) in [4.78, 5) is 27.1. The summed E-state index contributed by atoms with van der Waals surface area (Å²) < 4.78 is 17.3. The summed E-state index contributed by atoms with van der Waals surface area (Å²) in [5.74, 6) is 1.04. The molecule has 1 N–H and O–H groups in total. The maximum Gasteiger partial charge on any atom is 0.260 e. The van der Waals surface area contributed by atoms with E-state index in [0.29, 0.717) is 19.1 Å². The van der Waals surface area contributed by atoms with Crippen molar-refractivity contribution in [3.8, 4) is 5.75 Å². The molecule has 0 radical (unpaired) electrons. The van der Waals surface area contributed by atoms with Gasteiger partial charge >= 0.3 is 0 Å². The molecule has 1 saturated carbocycles. The number of carbonyl (C=O) groups is 2. The van der Waals surface area contributed by atoms with Crippen LogP contribution in [-0.4, -0.2) is 68.4 Å². The van der Waals surface area contributed by atoms with Crippen molar-refractivity contribution in [1.29, 1.82) is 0 Å². The third-order valence-corrected chi connectivity index (χ3v) is 6.61. The summed E-state index contributed by atoms with van der Waals surface area (Å²) >= 11 is 0. The minimum Gasteiger partial charge on any atom is -0.483 e. The molecule has 5 rings (SSSR count). The fraction of sp³-hybridized carbons (Fsp3) is 0.652. The van der Waals surface area contributed by atoms with E-state index in [1.807, 2.05) is 23.1 Å². The number of benzene rings is 1. The van der Waals surface area contributed by atoms with Crippen molar-refractivity contribution < 1.29 is 23.8 Å². The lowest BCUT2D eigenvalue weighted by molar-refractivity contribution is -0.142. The van der Waals surface area contributed by atoms with Gasteiger partial charge in [0.25, 0.3) is 5.91 Å². The lowest BCUT2D eigenvalue weighted by atomic mass is 9.82. The van der Waals surface area contributed by atoms with Gasteiger partial charge in [-0.1, -0.05) is 18.2 Å². The SMILES string of the molecule is COCC(=O)N[C@H]1CCCN2C(=O)COc3ccccc3C3CCC(CC3)OCC12. The third kappa shape index (κ3) is 4.78. The Morgan fingerprint density at radius 1 is 1.20 bits per heavy atom. The predicted octanol–water partition coefficient (Wildman–Crippen LogP) is 2.24. The monoisotopic (exact) mass is 416 g/mol. The predicted molar refractivity (Wildman–Crippen MR) is 111 cm³/mol. The topological polar surface area (TPSA) is 77.1 Å². The average molecular weight is 417 g/mol. The summed E-state index contributed by atoms with van der Waals surface area (Å²) in [6.07, 6.45) is 5.97. The van der Waals surface area contributed by atoms with Crippen LogP contribution in [0.3, 0.4) is 0 Å². The molecule has 1 aliphatic carbocycles. The van der Waals surface area contributed by atoms with Gasteiger partial charge in [0.15, 0.2) is 6.61 Å². The molecule has 1 saturated heterocycles. The molecule has 3 heterocycles. The number of rotatable bonds is 3. The number of ether oxygens (including phenoxy) is 3. The van der Waals surface area contributed by atoms with Gasteiger partial charge in [-0.15, -0.1) is 0 Å². The van der Waals surface area contributed by atoms with Gasteiger partial charge in [-0.25, -0.2) is 0 Å². The van der Waals surface area contributed by atoms with Crippen molar-refractivity contribution in [3.05, 3.63) is 29.8 Å². The van der Waals surface area contributed by atoms with Crippen LogP contribution in [-0.2, 0) is 19.1 Å². The Balaban J connectivity index is 1.56. The molecule has 30 heavy (non-hydrogen) atoms. The Kier molecular flexibility index (Phi) is 6.89. The summed E-state index contributed by atoms with van der Waals surface area (Å²) in [5.41, 5.74) is 1.20. The third-order valence-electron chi connectivity index (χ3n) is 6.61. The number of hydrogen-bond acceptors (Lipinski definition) is 5. The summed E-state index contributed by atoms with van der Waals surface area (Å²) in [6, 6.07) is 7.76. The van der Waals surface area contributed by atoms with Gasteiger partial charge in [-0.3, -0.25) is 9.59 Å². The largest absolute Gasteiger partial charge is 0.483 e. The Hall–Kier alpha value is -2.12. The van der Waals surface area contributed by atoms with E-state index in [2.05, 4.69) is 11.4 Å². The molecule has 4 aliphatic rings. The molecule has 0 spiro atoms. The number of hydrogen-bond donors (Lipinski definition) is 1. The van der Waals surface area contributed by atoms with E-state index in [1.165, 1.54) is 12.7 Å². The van der Waals surface area contributed by atoms with Crippen LogP contribution in [0.15, 0.2) is 24.3 Å². The molecule has 2 atom stereocenters. The average Bonchev–Trinajstić information content (AvgIpc) is 2.78. The maximum atomic E-state index is 13.1. The minimum absolute atomic E-state index is 0.00238. The van der Waals surface area contributed by atoms with Crippen LogP contribution >= 0.6 is 0 Å². The number of nitrogens with one attached hydrogen (secondary N) is 1. The van der Waals surface area contributed by atoms with Crippen molar-refractivity contribution in [3.63, 3.8) is 0 Å². The second-order valence-corrected chi connectivity index (χ2v) is 8.54. The highest BCUT2D eigenvalue weighted by atomic mass is 16.5. The van der Waals surface area contributed by atoms with Crippen molar-refractivity contribution in [2.24, 2.45) is 0 Å². The normalized spacial score (nSPS) is 29.5. The van der Waals surface area contributed by atoms with Gasteiger partial charge in [0, 0.05) is 13.7 Å². The Morgan fingerprint density at radius 2 is 2.00 bits per heavy atom. The lowest BCUT2D eigenvalue weighted by Crippen LogP contribution is -2.60. The standard InChI is InChI=1S/C23H32N2O5/c1-28-14-22(26)24-19-6-4-12-25-20(19)13-29-17-10-8-16(9-11-17)18-5-2-3-7-21(18)30-15-23(25)27/h2-3,5,7,16-17,19-20H,4,6,8-15H2,1H3,(H,24,26)/t16?,17?,19-,20?/m0/s1. The Labute approximate surface area is 178 Å². The van der Waals surface area contributed by atoms with Crippen LogP contribution in [0.2, 0.25) is 0 Å². The molecule has 1 aromatic rings. The Morgan fingerprint density at radius 3 is 2.80 bits per heavy atom.